The number of phenolic OH excluding ortho intramolecular Hbond substituents is 1. The summed E-state index contributed by atoms with van der Waals surface area (Å²) < 4.78 is 11.2. The summed E-state index contributed by atoms with van der Waals surface area (Å²) in [5.41, 5.74) is 0.740. The van der Waals surface area contributed by atoms with Gasteiger partial charge in [0.25, 0.3) is 0 Å². The Morgan fingerprint density at radius 3 is 3.00 bits per heavy atom. The molecule has 3 aromatic heterocycles. The van der Waals surface area contributed by atoms with E-state index in [-0.39, 0.29) is 5.75 Å². The van der Waals surface area contributed by atoms with E-state index in [1.165, 1.54) is 35.2 Å². The normalized spacial score (nSPS) is 11.1. The Morgan fingerprint density at radius 2 is 2.15 bits per heavy atom. The molecule has 0 aliphatic rings. The molecule has 4 aromatic rings. The number of furan rings is 1. The topological polar surface area (TPSA) is 101 Å². The van der Waals surface area contributed by atoms with Crippen molar-refractivity contribution in [3.8, 4) is 5.75 Å². The average molecular weight is 387 g/mol. The molecular weight excluding hydrogens is 374 g/mol. The summed E-state index contributed by atoms with van der Waals surface area (Å²) in [5.74, 6) is 1.42. The van der Waals surface area contributed by atoms with Gasteiger partial charge in [0, 0.05) is 23.3 Å². The molecule has 1 aromatic carbocycles. The molecule has 0 aliphatic heterocycles. The zero-order valence-electron chi connectivity index (χ0n) is 13.3. The van der Waals surface area contributed by atoms with Gasteiger partial charge in [0.05, 0.1) is 12.8 Å². The van der Waals surface area contributed by atoms with Crippen LogP contribution in [0.4, 0.5) is 5.13 Å². The molecule has 2 N–H and O–H groups in total. The third kappa shape index (κ3) is 3.73. The molecule has 0 atom stereocenters. The summed E-state index contributed by atoms with van der Waals surface area (Å²) in [7, 11) is 0. The van der Waals surface area contributed by atoms with Gasteiger partial charge in [-0.15, -0.1) is 10.2 Å². The average Bonchev–Trinajstić information content (AvgIpc) is 3.29. The Kier molecular flexibility index (Phi) is 4.63. The fourth-order valence-corrected chi connectivity index (χ4v) is 4.13. The molecule has 0 amide bonds. The number of aromatic nitrogens is 2. The molecule has 26 heavy (non-hydrogen) atoms. The summed E-state index contributed by atoms with van der Waals surface area (Å²) in [6.45, 7) is 0.542. The second-order valence-electron chi connectivity index (χ2n) is 5.37. The van der Waals surface area contributed by atoms with Gasteiger partial charge in [-0.05, 0) is 29.8 Å². The first-order valence-corrected chi connectivity index (χ1v) is 9.46. The van der Waals surface area contributed by atoms with Gasteiger partial charge in [-0.1, -0.05) is 23.1 Å². The van der Waals surface area contributed by atoms with Crippen molar-refractivity contribution < 1.29 is 13.9 Å². The van der Waals surface area contributed by atoms with Gasteiger partial charge in [0.15, 0.2) is 4.34 Å². The van der Waals surface area contributed by atoms with Crippen molar-refractivity contribution in [1.29, 1.82) is 0 Å². The molecule has 132 valence electrons. The maximum absolute atomic E-state index is 11.7. The molecule has 7 nitrogen and oxygen atoms in total. The molecule has 0 unspecified atom stereocenters. The van der Waals surface area contributed by atoms with Crippen LogP contribution >= 0.6 is 23.1 Å². The Bertz CT molecular complexity index is 1090. The molecule has 0 saturated carbocycles. The molecule has 4 rings (SSSR count). The molecule has 0 fully saturated rings. The Labute approximate surface area is 155 Å². The smallest absolute Gasteiger partial charge is 0.336 e. The van der Waals surface area contributed by atoms with E-state index in [1.54, 1.807) is 18.4 Å². The number of nitrogens with zero attached hydrogens (tertiary/aromatic N) is 2. The van der Waals surface area contributed by atoms with Crippen molar-refractivity contribution in [3.63, 3.8) is 0 Å². The lowest BCUT2D eigenvalue weighted by Gasteiger charge is -2.04. The number of thioether (sulfide) groups is 1. The van der Waals surface area contributed by atoms with Crippen LogP contribution in [0.2, 0.25) is 0 Å². The predicted octanol–water partition coefficient (Wildman–Crippen LogP) is 3.85. The summed E-state index contributed by atoms with van der Waals surface area (Å²) in [6.07, 6.45) is 1.62. The third-order valence-corrected chi connectivity index (χ3v) is 5.63. The highest BCUT2D eigenvalue weighted by atomic mass is 32.2. The van der Waals surface area contributed by atoms with Crippen LogP contribution in [-0.4, -0.2) is 15.3 Å². The van der Waals surface area contributed by atoms with Crippen molar-refractivity contribution >= 4 is 39.2 Å². The summed E-state index contributed by atoms with van der Waals surface area (Å²) in [6, 6.07) is 9.92. The Balaban J connectivity index is 1.46. The first-order valence-electron chi connectivity index (χ1n) is 7.66. The van der Waals surface area contributed by atoms with E-state index in [0.717, 1.165) is 21.0 Å². The SMILES string of the molecule is O=c1cc(CSc2nnc(NCc3ccco3)s2)c2ccc(O)cc2o1. The Morgan fingerprint density at radius 1 is 1.23 bits per heavy atom. The van der Waals surface area contributed by atoms with Gasteiger partial charge >= 0.3 is 5.63 Å². The number of fused-ring (bicyclic) bond motifs is 1. The van der Waals surface area contributed by atoms with Gasteiger partial charge in [0.1, 0.15) is 17.1 Å². The minimum Gasteiger partial charge on any atom is -0.508 e. The van der Waals surface area contributed by atoms with Crippen LogP contribution in [0.3, 0.4) is 0 Å². The molecule has 0 aliphatic carbocycles. The number of anilines is 1. The molecule has 3 heterocycles. The molecule has 9 heteroatoms. The van der Waals surface area contributed by atoms with E-state index >= 15 is 0 Å². The maximum Gasteiger partial charge on any atom is 0.336 e. The van der Waals surface area contributed by atoms with Crippen molar-refractivity contribution in [2.45, 2.75) is 16.6 Å². The van der Waals surface area contributed by atoms with E-state index < -0.39 is 5.63 Å². The first kappa shape index (κ1) is 16.7. The molecule has 0 bridgehead atoms. The Hall–Kier alpha value is -2.78. The van der Waals surface area contributed by atoms with E-state index in [2.05, 4.69) is 15.5 Å². The second-order valence-corrected chi connectivity index (χ2v) is 7.57. The van der Waals surface area contributed by atoms with Gasteiger partial charge in [-0.2, -0.15) is 0 Å². The minimum atomic E-state index is -0.447. The molecule has 0 saturated heterocycles. The predicted molar refractivity (Wildman–Crippen MR) is 99.7 cm³/mol. The van der Waals surface area contributed by atoms with Crippen LogP contribution in [0.15, 0.2) is 60.6 Å². The van der Waals surface area contributed by atoms with Gasteiger partial charge in [-0.25, -0.2) is 4.79 Å². The van der Waals surface area contributed by atoms with Crippen molar-refractivity contribution in [2.24, 2.45) is 0 Å². The molecular formula is C17H13N3O4S2. The second kappa shape index (κ2) is 7.22. The van der Waals surface area contributed by atoms with E-state index in [0.29, 0.717) is 23.0 Å². The van der Waals surface area contributed by atoms with Gasteiger partial charge < -0.3 is 19.3 Å². The number of benzene rings is 1. The zero-order valence-corrected chi connectivity index (χ0v) is 15.0. The zero-order chi connectivity index (χ0) is 17.9. The van der Waals surface area contributed by atoms with Crippen LogP contribution < -0.4 is 10.9 Å². The maximum atomic E-state index is 11.7. The summed E-state index contributed by atoms with van der Waals surface area (Å²) >= 11 is 2.92. The standard InChI is InChI=1S/C17H13N3O4S2/c21-11-3-4-13-10(6-15(22)24-14(13)7-11)9-25-17-20-19-16(26-17)18-8-12-2-1-5-23-12/h1-7,21H,8-9H2,(H,18,19). The number of phenols is 1. The lowest BCUT2D eigenvalue weighted by atomic mass is 10.1. The van der Waals surface area contributed by atoms with Crippen LogP contribution in [0.25, 0.3) is 11.0 Å². The minimum absolute atomic E-state index is 0.0573. The fraction of sp³-hybridized carbons (Fsp3) is 0.118. The fourth-order valence-electron chi connectivity index (χ4n) is 2.39. The monoisotopic (exact) mass is 387 g/mol. The van der Waals surface area contributed by atoms with Crippen LogP contribution in [0.1, 0.15) is 11.3 Å². The molecule has 0 radical (unpaired) electrons. The number of rotatable bonds is 6. The van der Waals surface area contributed by atoms with Crippen molar-refractivity contribution in [2.75, 3.05) is 5.32 Å². The lowest BCUT2D eigenvalue weighted by Crippen LogP contribution is -1.99. The van der Waals surface area contributed by atoms with Crippen molar-refractivity contribution in [3.05, 3.63) is 64.4 Å². The molecule has 0 spiro atoms. The van der Waals surface area contributed by atoms with Crippen molar-refractivity contribution in [1.82, 2.24) is 10.2 Å². The van der Waals surface area contributed by atoms with E-state index in [4.69, 9.17) is 8.83 Å². The number of nitrogens with one attached hydrogen (secondary N) is 1. The van der Waals surface area contributed by atoms with Crippen LogP contribution in [-0.2, 0) is 12.3 Å². The lowest BCUT2D eigenvalue weighted by molar-refractivity contribution is 0.473. The summed E-state index contributed by atoms with van der Waals surface area (Å²) in [5, 5.41) is 22.4. The largest absolute Gasteiger partial charge is 0.508 e. The highest BCUT2D eigenvalue weighted by Crippen LogP contribution is 2.31. The van der Waals surface area contributed by atoms with E-state index in [9.17, 15) is 9.90 Å². The van der Waals surface area contributed by atoms with Gasteiger partial charge in [0.2, 0.25) is 5.13 Å². The third-order valence-electron chi connectivity index (χ3n) is 3.57. The number of aromatic hydroxyl groups is 1. The quantitative estimate of drug-likeness (QED) is 0.380. The first-order chi connectivity index (χ1) is 12.7. The van der Waals surface area contributed by atoms with Crippen LogP contribution in [0, 0.1) is 0 Å². The van der Waals surface area contributed by atoms with Crippen LogP contribution in [0.5, 0.6) is 5.75 Å². The van der Waals surface area contributed by atoms with E-state index in [1.807, 2.05) is 12.1 Å². The highest BCUT2D eigenvalue weighted by Gasteiger charge is 2.10. The number of hydrogen-bond acceptors (Lipinski definition) is 9. The number of hydrogen-bond donors (Lipinski definition) is 2. The highest BCUT2D eigenvalue weighted by molar-refractivity contribution is 8.00. The van der Waals surface area contributed by atoms with Gasteiger partial charge in [-0.3, -0.25) is 0 Å². The summed E-state index contributed by atoms with van der Waals surface area (Å²) in [4.78, 5) is 11.7.